The number of methoxy groups -OCH3 is 1. The van der Waals surface area contributed by atoms with Gasteiger partial charge in [-0.1, -0.05) is 10.5 Å². The first-order chi connectivity index (χ1) is 15.0. The average molecular weight is 463 g/mol. The molecule has 4 rings (SSSR count). The highest BCUT2D eigenvalue weighted by atomic mass is 32.3. The summed E-state index contributed by atoms with van der Waals surface area (Å²) in [6.07, 6.45) is 3.26. The fourth-order valence-corrected chi connectivity index (χ4v) is 7.71. The molecular weight excluding hydrogens is 435 g/mol. The summed E-state index contributed by atoms with van der Waals surface area (Å²) in [5.74, 6) is -0.431. The Labute approximate surface area is 187 Å². The van der Waals surface area contributed by atoms with Crippen LogP contribution in [0.2, 0.25) is 0 Å². The number of anilines is 1. The summed E-state index contributed by atoms with van der Waals surface area (Å²) < 4.78 is 34.1. The highest BCUT2D eigenvalue weighted by molar-refractivity contribution is 8.29. The number of fused-ring (bicyclic) bond motifs is 1. The number of carbonyl (C=O) groups excluding carboxylic acids is 1. The number of hydrogen-bond acceptors (Lipinski definition) is 8. The molecule has 3 atom stereocenters. The minimum atomic E-state index is -2.42. The molecule has 0 spiro atoms. The van der Waals surface area contributed by atoms with E-state index in [-0.39, 0.29) is 28.2 Å². The maximum absolute atomic E-state index is 15.1. The monoisotopic (exact) mass is 462 g/mol. The van der Waals surface area contributed by atoms with E-state index in [0.717, 1.165) is 0 Å². The molecule has 11 heteroatoms. The zero-order chi connectivity index (χ0) is 23.3. The summed E-state index contributed by atoms with van der Waals surface area (Å²) in [4.78, 5) is 25.3. The molecule has 3 heterocycles. The minimum Gasteiger partial charge on any atom is -0.480 e. The molecule has 1 unspecified atom stereocenters. The lowest BCUT2D eigenvalue weighted by molar-refractivity contribution is 0.102. The van der Waals surface area contributed by atoms with Crippen LogP contribution in [0, 0.1) is 5.82 Å². The Hall–Kier alpha value is -2.76. The first kappa shape index (κ1) is 22.4. The van der Waals surface area contributed by atoms with E-state index in [4.69, 9.17) is 15.5 Å². The summed E-state index contributed by atoms with van der Waals surface area (Å²) in [5, 5.41) is 2.37. The van der Waals surface area contributed by atoms with Crippen LogP contribution in [0.1, 0.15) is 43.2 Å². The predicted octanol–water partition coefficient (Wildman–Crippen LogP) is 2.80. The number of hydrogen-bond donors (Lipinski definition) is 4. The van der Waals surface area contributed by atoms with Gasteiger partial charge in [0.25, 0.3) is 5.91 Å². The number of amidine groups is 1. The topological polar surface area (TPSA) is 135 Å². The lowest BCUT2D eigenvalue weighted by Crippen LogP contribution is -2.57. The number of halogens is 1. The molecule has 2 aliphatic rings. The third-order valence-electron chi connectivity index (χ3n) is 6.35. The van der Waals surface area contributed by atoms with Gasteiger partial charge in [-0.05, 0) is 45.4 Å². The Bertz CT molecular complexity index is 1100. The van der Waals surface area contributed by atoms with Crippen molar-refractivity contribution in [2.24, 2.45) is 10.7 Å². The minimum absolute atomic E-state index is 0.0865. The highest BCUT2D eigenvalue weighted by Gasteiger charge is 2.60. The van der Waals surface area contributed by atoms with Crippen molar-refractivity contribution in [3.8, 4) is 5.88 Å². The molecule has 1 aromatic carbocycles. The van der Waals surface area contributed by atoms with Gasteiger partial charge in [-0.2, -0.15) is 0 Å². The summed E-state index contributed by atoms with van der Waals surface area (Å²) in [5.41, 5.74) is 5.90. The first-order valence-electron chi connectivity index (χ1n) is 10.1. The van der Waals surface area contributed by atoms with Crippen molar-refractivity contribution < 1.29 is 18.5 Å². The van der Waals surface area contributed by atoms with Crippen LogP contribution in [0.4, 0.5) is 10.1 Å². The Morgan fingerprint density at radius 1 is 1.34 bits per heavy atom. The number of carbonyl (C=O) groups is 1. The number of nitrogens with one attached hydrogen (secondary N) is 2. The van der Waals surface area contributed by atoms with E-state index in [1.54, 1.807) is 6.92 Å². The van der Waals surface area contributed by atoms with Crippen molar-refractivity contribution in [2.75, 3.05) is 19.0 Å². The molecule has 0 radical (unpaired) electrons. The first-order valence-corrected chi connectivity index (χ1v) is 11.8. The molecule has 9 nitrogen and oxygen atoms in total. The predicted molar refractivity (Wildman–Crippen MR) is 123 cm³/mol. The van der Waals surface area contributed by atoms with Crippen molar-refractivity contribution in [3.63, 3.8) is 0 Å². The van der Waals surface area contributed by atoms with Crippen LogP contribution >= 0.6 is 10.5 Å². The van der Waals surface area contributed by atoms with Crippen LogP contribution in [-0.4, -0.2) is 49.9 Å². The van der Waals surface area contributed by atoms with Crippen LogP contribution in [0.25, 0.3) is 0 Å². The van der Waals surface area contributed by atoms with Crippen molar-refractivity contribution >= 4 is 27.9 Å². The summed E-state index contributed by atoms with van der Waals surface area (Å²) in [6.45, 7) is 6.08. The van der Waals surface area contributed by atoms with E-state index in [1.807, 2.05) is 13.8 Å². The molecular formula is C21H27FN6O3S. The van der Waals surface area contributed by atoms with Gasteiger partial charge >= 0.3 is 0 Å². The molecule has 5 N–H and O–H groups in total. The van der Waals surface area contributed by atoms with Gasteiger partial charge in [0.1, 0.15) is 22.9 Å². The molecule has 172 valence electrons. The van der Waals surface area contributed by atoms with Gasteiger partial charge in [-0.3, -0.25) is 14.5 Å². The van der Waals surface area contributed by atoms with E-state index in [2.05, 4.69) is 20.0 Å². The number of amides is 1. The Morgan fingerprint density at radius 2 is 2.09 bits per heavy atom. The molecule has 1 aromatic heterocycles. The zero-order valence-electron chi connectivity index (χ0n) is 18.3. The normalized spacial score (nSPS) is 30.6. The Kier molecular flexibility index (Phi) is 5.38. The van der Waals surface area contributed by atoms with Crippen molar-refractivity contribution in [2.45, 2.75) is 42.7 Å². The van der Waals surface area contributed by atoms with E-state index < -0.39 is 32.5 Å². The zero-order valence-corrected chi connectivity index (χ0v) is 19.2. The van der Waals surface area contributed by atoms with Crippen molar-refractivity contribution in [1.29, 1.82) is 0 Å². The maximum Gasteiger partial charge on any atom is 0.275 e. The molecule has 0 aliphatic carbocycles. The van der Waals surface area contributed by atoms with Crippen molar-refractivity contribution in [3.05, 3.63) is 47.7 Å². The maximum atomic E-state index is 15.1. The van der Waals surface area contributed by atoms with Gasteiger partial charge in [0.2, 0.25) is 5.88 Å². The number of rotatable bonds is 4. The van der Waals surface area contributed by atoms with Gasteiger partial charge in [-0.15, -0.1) is 0 Å². The largest absolute Gasteiger partial charge is 0.480 e. The van der Waals surface area contributed by atoms with E-state index in [0.29, 0.717) is 18.7 Å². The SMILES string of the molecule is COc1cnc(C(=O)Nc2ccc(F)c([C@@]3(C)N=C(N)C(C)(C)S4(O)NCC[C@@H]34)c2)cn1. The summed E-state index contributed by atoms with van der Waals surface area (Å²) >= 11 is 0. The molecule has 2 aromatic rings. The second kappa shape index (κ2) is 7.68. The van der Waals surface area contributed by atoms with Crippen LogP contribution in [0.15, 0.2) is 35.6 Å². The van der Waals surface area contributed by atoms with Crippen LogP contribution in [-0.2, 0) is 5.54 Å². The van der Waals surface area contributed by atoms with Crippen LogP contribution in [0.3, 0.4) is 0 Å². The number of nitrogens with two attached hydrogens (primary N) is 1. The molecule has 1 amide bonds. The molecule has 1 fully saturated rings. The number of aliphatic imine (C=N–C) groups is 1. The number of nitrogens with zero attached hydrogens (tertiary/aromatic N) is 3. The van der Waals surface area contributed by atoms with Crippen molar-refractivity contribution in [1.82, 2.24) is 14.7 Å². The van der Waals surface area contributed by atoms with Gasteiger partial charge in [0.15, 0.2) is 0 Å². The molecule has 0 bridgehead atoms. The lowest BCUT2D eigenvalue weighted by Gasteiger charge is -2.56. The number of benzene rings is 1. The third-order valence-corrected chi connectivity index (χ3v) is 10.3. The number of ether oxygens (including phenoxy) is 1. The highest BCUT2D eigenvalue weighted by Crippen LogP contribution is 2.67. The molecule has 1 saturated heterocycles. The standard InChI is InChI=1S/C21H27FN6O3S/c1-20(2)19(23)28-21(3,16-7-8-26-32(16,20)30)13-9-12(5-6-14(13)22)27-18(29)15-10-25-17(31-4)11-24-15/h5-6,9-11,16,26,30H,7-8H2,1-4H3,(H2,23,28)(H,27,29)/t16-,21+/m0/s1. The van der Waals surface area contributed by atoms with Gasteiger partial charge in [0, 0.05) is 17.8 Å². The summed E-state index contributed by atoms with van der Waals surface area (Å²) in [6, 6.07) is 4.28. The fraction of sp³-hybridized carbons (Fsp3) is 0.429. The second-order valence-electron chi connectivity index (χ2n) is 8.55. The lowest BCUT2D eigenvalue weighted by atomic mass is 9.86. The second-order valence-corrected chi connectivity index (χ2v) is 11.7. The molecule has 0 saturated carbocycles. The average Bonchev–Trinajstić information content (AvgIpc) is 3.18. The Morgan fingerprint density at radius 3 is 2.75 bits per heavy atom. The fourth-order valence-electron chi connectivity index (χ4n) is 4.34. The molecule has 2 aliphatic heterocycles. The third kappa shape index (κ3) is 3.31. The smallest absolute Gasteiger partial charge is 0.275 e. The van der Waals surface area contributed by atoms with E-state index in [9.17, 15) is 9.35 Å². The van der Waals surface area contributed by atoms with Gasteiger partial charge in [-0.25, -0.2) is 14.4 Å². The molecule has 32 heavy (non-hydrogen) atoms. The number of aromatic nitrogens is 2. The summed E-state index contributed by atoms with van der Waals surface area (Å²) in [7, 11) is -0.968. The van der Waals surface area contributed by atoms with E-state index in [1.165, 1.54) is 37.7 Å². The van der Waals surface area contributed by atoms with Crippen LogP contribution < -0.4 is 20.5 Å². The van der Waals surface area contributed by atoms with Gasteiger partial charge in [0.05, 0.1) is 29.5 Å². The quantitative estimate of drug-likeness (QED) is 0.549. The van der Waals surface area contributed by atoms with Crippen LogP contribution in [0.5, 0.6) is 5.88 Å². The van der Waals surface area contributed by atoms with Gasteiger partial charge < -0.3 is 20.3 Å². The van der Waals surface area contributed by atoms with E-state index >= 15 is 4.39 Å². The Balaban J connectivity index is 1.71.